The molecule has 3 heteroatoms. The summed E-state index contributed by atoms with van der Waals surface area (Å²) >= 11 is 5.58. The highest BCUT2D eigenvalue weighted by molar-refractivity contribution is 6.30. The molecule has 16 heavy (non-hydrogen) atoms. The van der Waals surface area contributed by atoms with Gasteiger partial charge in [-0.3, -0.25) is 0 Å². The maximum atomic E-state index is 13.2. The minimum absolute atomic E-state index is 0.0896. The van der Waals surface area contributed by atoms with E-state index >= 15 is 0 Å². The molecule has 0 heterocycles. The zero-order valence-corrected chi connectivity index (χ0v) is 10.7. The third-order valence-electron chi connectivity index (χ3n) is 2.50. The Morgan fingerprint density at radius 3 is 2.50 bits per heavy atom. The molecule has 0 aromatic heterocycles. The molecular formula is C13H18ClFO. The Bertz CT molecular complexity index is 357. The topological polar surface area (TPSA) is 20.2 Å². The van der Waals surface area contributed by atoms with E-state index in [1.807, 2.05) is 0 Å². The van der Waals surface area contributed by atoms with Gasteiger partial charge in [0.1, 0.15) is 5.82 Å². The first-order chi connectivity index (χ1) is 7.29. The van der Waals surface area contributed by atoms with Crippen molar-refractivity contribution in [2.75, 3.05) is 0 Å². The molecule has 0 aliphatic carbocycles. The highest BCUT2D eigenvalue weighted by Gasteiger charge is 2.15. The van der Waals surface area contributed by atoms with Gasteiger partial charge in [-0.05, 0) is 36.0 Å². The van der Waals surface area contributed by atoms with E-state index in [1.54, 1.807) is 6.07 Å². The van der Waals surface area contributed by atoms with Gasteiger partial charge in [0.15, 0.2) is 0 Å². The molecule has 0 fully saturated rings. The number of hydrogen-bond donors (Lipinski definition) is 1. The van der Waals surface area contributed by atoms with Gasteiger partial charge in [-0.1, -0.05) is 38.4 Å². The van der Waals surface area contributed by atoms with Crippen LogP contribution in [0.25, 0.3) is 0 Å². The van der Waals surface area contributed by atoms with Gasteiger partial charge in [-0.2, -0.15) is 0 Å². The molecular weight excluding hydrogens is 227 g/mol. The van der Waals surface area contributed by atoms with E-state index in [9.17, 15) is 9.50 Å². The van der Waals surface area contributed by atoms with Crippen molar-refractivity contribution < 1.29 is 9.50 Å². The minimum atomic E-state index is -0.619. The molecule has 1 nitrogen and oxygen atoms in total. The van der Waals surface area contributed by atoms with Crippen LogP contribution in [0.5, 0.6) is 0 Å². The summed E-state index contributed by atoms with van der Waals surface area (Å²) in [5.41, 5.74) is 0.762. The third-order valence-corrected chi connectivity index (χ3v) is 2.80. The second kappa shape index (κ2) is 5.15. The van der Waals surface area contributed by atoms with Gasteiger partial charge in [-0.15, -0.1) is 0 Å². The Morgan fingerprint density at radius 2 is 2.00 bits per heavy atom. The van der Waals surface area contributed by atoms with Crippen LogP contribution >= 0.6 is 11.6 Å². The van der Waals surface area contributed by atoms with Crippen molar-refractivity contribution in [1.82, 2.24) is 0 Å². The largest absolute Gasteiger partial charge is 0.388 e. The fourth-order valence-corrected chi connectivity index (χ4v) is 1.57. The highest BCUT2D eigenvalue weighted by Crippen LogP contribution is 2.28. The van der Waals surface area contributed by atoms with Gasteiger partial charge in [-0.25, -0.2) is 4.39 Å². The van der Waals surface area contributed by atoms with E-state index in [2.05, 4.69) is 20.8 Å². The van der Waals surface area contributed by atoms with Gasteiger partial charge in [0.2, 0.25) is 0 Å². The summed E-state index contributed by atoms with van der Waals surface area (Å²) in [6.07, 6.45) is 0.897. The van der Waals surface area contributed by atoms with Crippen LogP contribution in [0.15, 0.2) is 18.2 Å². The average molecular weight is 245 g/mol. The van der Waals surface area contributed by atoms with E-state index in [4.69, 9.17) is 11.6 Å². The Kier molecular flexibility index (Phi) is 4.34. The fraction of sp³-hybridized carbons (Fsp3) is 0.538. The predicted molar refractivity (Wildman–Crippen MR) is 65.1 cm³/mol. The first kappa shape index (κ1) is 13.5. The summed E-state index contributed by atoms with van der Waals surface area (Å²) in [7, 11) is 0. The lowest BCUT2D eigenvalue weighted by Crippen LogP contribution is -2.08. The SMILES string of the molecule is CC(C)(C)CCC(O)c1ccc(Cl)c(F)c1. The van der Waals surface area contributed by atoms with Crippen LogP contribution in [-0.4, -0.2) is 5.11 Å². The molecule has 0 radical (unpaired) electrons. The maximum Gasteiger partial charge on any atom is 0.142 e. The van der Waals surface area contributed by atoms with E-state index in [-0.39, 0.29) is 10.4 Å². The van der Waals surface area contributed by atoms with Crippen LogP contribution in [0.2, 0.25) is 5.02 Å². The molecule has 1 aromatic carbocycles. The highest BCUT2D eigenvalue weighted by atomic mass is 35.5. The molecule has 1 N–H and O–H groups in total. The third kappa shape index (κ3) is 4.11. The summed E-state index contributed by atoms with van der Waals surface area (Å²) in [6, 6.07) is 4.45. The second-order valence-corrected chi connectivity index (χ2v) is 5.70. The molecule has 1 rings (SSSR count). The summed E-state index contributed by atoms with van der Waals surface area (Å²) in [5.74, 6) is -0.478. The monoisotopic (exact) mass is 244 g/mol. The second-order valence-electron chi connectivity index (χ2n) is 5.29. The van der Waals surface area contributed by atoms with Gasteiger partial charge in [0.05, 0.1) is 11.1 Å². The van der Waals surface area contributed by atoms with Crippen molar-refractivity contribution >= 4 is 11.6 Å². The lowest BCUT2D eigenvalue weighted by atomic mass is 9.88. The Hall–Kier alpha value is -0.600. The van der Waals surface area contributed by atoms with Crippen LogP contribution in [-0.2, 0) is 0 Å². The summed E-state index contributed by atoms with van der Waals surface area (Å²) < 4.78 is 13.2. The van der Waals surface area contributed by atoms with Crippen LogP contribution < -0.4 is 0 Å². The van der Waals surface area contributed by atoms with Gasteiger partial charge < -0.3 is 5.11 Å². The smallest absolute Gasteiger partial charge is 0.142 e. The number of aliphatic hydroxyl groups excluding tert-OH is 1. The molecule has 0 saturated heterocycles. The molecule has 0 saturated carbocycles. The number of rotatable bonds is 3. The van der Waals surface area contributed by atoms with Gasteiger partial charge in [0, 0.05) is 0 Å². The predicted octanol–water partition coefficient (Wildman–Crippen LogP) is 4.34. The lowest BCUT2D eigenvalue weighted by Gasteiger charge is -2.20. The van der Waals surface area contributed by atoms with Crippen molar-refractivity contribution in [3.63, 3.8) is 0 Å². The van der Waals surface area contributed by atoms with Gasteiger partial charge in [0.25, 0.3) is 0 Å². The van der Waals surface area contributed by atoms with E-state index in [0.29, 0.717) is 12.0 Å². The zero-order chi connectivity index (χ0) is 12.3. The first-order valence-corrected chi connectivity index (χ1v) is 5.80. The van der Waals surface area contributed by atoms with Crippen molar-refractivity contribution in [2.24, 2.45) is 5.41 Å². The van der Waals surface area contributed by atoms with Crippen LogP contribution in [0.3, 0.4) is 0 Å². The minimum Gasteiger partial charge on any atom is -0.388 e. The van der Waals surface area contributed by atoms with Crippen molar-refractivity contribution in [3.05, 3.63) is 34.6 Å². The molecule has 0 amide bonds. The van der Waals surface area contributed by atoms with Gasteiger partial charge >= 0.3 is 0 Å². The summed E-state index contributed by atoms with van der Waals surface area (Å²) in [4.78, 5) is 0. The van der Waals surface area contributed by atoms with E-state index in [1.165, 1.54) is 12.1 Å². The molecule has 0 spiro atoms. The quantitative estimate of drug-likeness (QED) is 0.839. The first-order valence-electron chi connectivity index (χ1n) is 5.42. The van der Waals surface area contributed by atoms with Crippen LogP contribution in [0, 0.1) is 11.2 Å². The average Bonchev–Trinajstić information content (AvgIpc) is 2.17. The molecule has 0 aliphatic heterocycles. The van der Waals surface area contributed by atoms with E-state index < -0.39 is 11.9 Å². The maximum absolute atomic E-state index is 13.2. The molecule has 1 aromatic rings. The fourth-order valence-electron chi connectivity index (χ4n) is 1.46. The van der Waals surface area contributed by atoms with Crippen LogP contribution in [0.1, 0.15) is 45.3 Å². The van der Waals surface area contributed by atoms with E-state index in [0.717, 1.165) is 6.42 Å². The standard InChI is InChI=1S/C13H18ClFO/c1-13(2,3)7-6-12(16)9-4-5-10(14)11(15)8-9/h4-5,8,12,16H,6-7H2,1-3H3. The number of halogens is 2. The Balaban J connectivity index is 2.66. The van der Waals surface area contributed by atoms with Crippen molar-refractivity contribution in [2.45, 2.75) is 39.7 Å². The number of aliphatic hydroxyl groups is 1. The Morgan fingerprint density at radius 1 is 1.38 bits per heavy atom. The number of benzene rings is 1. The van der Waals surface area contributed by atoms with Crippen molar-refractivity contribution in [3.8, 4) is 0 Å². The summed E-state index contributed by atoms with van der Waals surface area (Å²) in [6.45, 7) is 6.34. The molecule has 0 aliphatic rings. The molecule has 1 atom stereocenters. The normalized spacial score (nSPS) is 13.9. The molecule has 90 valence electrons. The summed E-state index contributed by atoms with van der Waals surface area (Å²) in [5, 5.41) is 9.98. The Labute approximate surface area is 101 Å². The lowest BCUT2D eigenvalue weighted by molar-refractivity contribution is 0.147. The van der Waals surface area contributed by atoms with Crippen LogP contribution in [0.4, 0.5) is 4.39 Å². The molecule has 0 bridgehead atoms. The molecule has 1 unspecified atom stereocenters. The van der Waals surface area contributed by atoms with Crippen molar-refractivity contribution in [1.29, 1.82) is 0 Å². The number of hydrogen-bond acceptors (Lipinski definition) is 1. The zero-order valence-electron chi connectivity index (χ0n) is 9.93.